The Morgan fingerprint density at radius 2 is 2.00 bits per heavy atom. The standard InChI is InChI=1S/C12H9FN2O2/c13-11-6-2-5-10(15-11)12(17)14-8-3-1-4-9(16)7-8/h1-7,16H,(H,14,17). The third kappa shape index (κ3) is 2.78. The first kappa shape index (κ1) is 11.1. The van der Waals surface area contributed by atoms with Crippen LogP contribution in [-0.2, 0) is 0 Å². The van der Waals surface area contributed by atoms with E-state index in [0.29, 0.717) is 5.69 Å². The fourth-order valence-corrected chi connectivity index (χ4v) is 1.31. The molecule has 4 nitrogen and oxygen atoms in total. The Labute approximate surface area is 96.7 Å². The van der Waals surface area contributed by atoms with Crippen molar-refractivity contribution in [2.24, 2.45) is 0 Å². The Hall–Kier alpha value is -2.43. The lowest BCUT2D eigenvalue weighted by molar-refractivity contribution is 0.102. The number of halogens is 1. The summed E-state index contributed by atoms with van der Waals surface area (Å²) in [5, 5.41) is 11.7. The van der Waals surface area contributed by atoms with E-state index in [4.69, 9.17) is 0 Å². The highest BCUT2D eigenvalue weighted by Gasteiger charge is 2.08. The van der Waals surface area contributed by atoms with Gasteiger partial charge in [-0.3, -0.25) is 4.79 Å². The summed E-state index contributed by atoms with van der Waals surface area (Å²) in [6.45, 7) is 0. The van der Waals surface area contributed by atoms with E-state index in [2.05, 4.69) is 10.3 Å². The van der Waals surface area contributed by atoms with Crippen molar-refractivity contribution in [1.82, 2.24) is 4.98 Å². The Morgan fingerprint density at radius 1 is 1.24 bits per heavy atom. The molecule has 0 aliphatic heterocycles. The monoisotopic (exact) mass is 232 g/mol. The van der Waals surface area contributed by atoms with Gasteiger partial charge < -0.3 is 10.4 Å². The summed E-state index contributed by atoms with van der Waals surface area (Å²) in [4.78, 5) is 15.1. The van der Waals surface area contributed by atoms with Gasteiger partial charge in [-0.1, -0.05) is 12.1 Å². The van der Waals surface area contributed by atoms with Crippen LogP contribution >= 0.6 is 0 Å². The molecule has 2 rings (SSSR count). The molecule has 0 fully saturated rings. The zero-order chi connectivity index (χ0) is 12.3. The van der Waals surface area contributed by atoms with Crippen LogP contribution in [-0.4, -0.2) is 16.0 Å². The molecule has 0 atom stereocenters. The molecule has 0 radical (unpaired) electrons. The Kier molecular flexibility index (Phi) is 3.00. The molecule has 1 aromatic heterocycles. The minimum atomic E-state index is -0.714. The highest BCUT2D eigenvalue weighted by atomic mass is 19.1. The fraction of sp³-hybridized carbons (Fsp3) is 0. The number of phenolic OH excluding ortho intramolecular Hbond substituents is 1. The van der Waals surface area contributed by atoms with Crippen LogP contribution in [0.1, 0.15) is 10.5 Å². The zero-order valence-corrected chi connectivity index (χ0v) is 8.72. The van der Waals surface area contributed by atoms with Gasteiger partial charge in [0.1, 0.15) is 11.4 Å². The molecule has 0 saturated carbocycles. The molecule has 0 bridgehead atoms. The van der Waals surface area contributed by atoms with Crippen molar-refractivity contribution in [3.63, 3.8) is 0 Å². The Bertz CT molecular complexity index is 558. The minimum absolute atomic E-state index is 0.0201. The number of carbonyl (C=O) groups is 1. The van der Waals surface area contributed by atoms with Crippen LogP contribution in [0.5, 0.6) is 5.75 Å². The maximum atomic E-state index is 12.8. The Morgan fingerprint density at radius 3 is 2.71 bits per heavy atom. The summed E-state index contributed by atoms with van der Waals surface area (Å²) in [5.74, 6) is -1.21. The summed E-state index contributed by atoms with van der Waals surface area (Å²) in [6.07, 6.45) is 0. The quantitative estimate of drug-likeness (QED) is 0.780. The average molecular weight is 232 g/mol. The van der Waals surface area contributed by atoms with Gasteiger partial charge in [-0.05, 0) is 24.3 Å². The number of aromatic nitrogens is 1. The molecular weight excluding hydrogens is 223 g/mol. The Balaban J connectivity index is 2.17. The molecule has 1 heterocycles. The predicted molar refractivity (Wildman–Crippen MR) is 60.3 cm³/mol. The van der Waals surface area contributed by atoms with Crippen molar-refractivity contribution in [1.29, 1.82) is 0 Å². The highest BCUT2D eigenvalue weighted by Crippen LogP contribution is 2.15. The van der Waals surface area contributed by atoms with Crippen LogP contribution in [0.15, 0.2) is 42.5 Å². The van der Waals surface area contributed by atoms with Crippen LogP contribution in [0.2, 0.25) is 0 Å². The second kappa shape index (κ2) is 4.61. The number of hydrogen-bond donors (Lipinski definition) is 2. The second-order valence-electron chi connectivity index (χ2n) is 3.35. The first-order valence-corrected chi connectivity index (χ1v) is 4.88. The van der Waals surface area contributed by atoms with Crippen LogP contribution < -0.4 is 5.32 Å². The van der Waals surface area contributed by atoms with Gasteiger partial charge in [-0.15, -0.1) is 0 Å². The fourth-order valence-electron chi connectivity index (χ4n) is 1.31. The van der Waals surface area contributed by atoms with E-state index in [1.54, 1.807) is 12.1 Å². The zero-order valence-electron chi connectivity index (χ0n) is 8.72. The van der Waals surface area contributed by atoms with Crippen molar-refractivity contribution >= 4 is 11.6 Å². The molecule has 86 valence electrons. The second-order valence-corrected chi connectivity index (χ2v) is 3.35. The molecule has 0 aliphatic rings. The van der Waals surface area contributed by atoms with Gasteiger partial charge in [0.05, 0.1) is 0 Å². The van der Waals surface area contributed by atoms with E-state index < -0.39 is 11.9 Å². The van der Waals surface area contributed by atoms with Crippen LogP contribution in [0.4, 0.5) is 10.1 Å². The summed E-state index contributed by atoms with van der Waals surface area (Å²) in [5.41, 5.74) is 0.398. The van der Waals surface area contributed by atoms with Crippen molar-refractivity contribution in [3.8, 4) is 5.75 Å². The summed E-state index contributed by atoms with van der Waals surface area (Å²) in [7, 11) is 0. The van der Waals surface area contributed by atoms with Gasteiger partial charge in [-0.25, -0.2) is 4.98 Å². The maximum Gasteiger partial charge on any atom is 0.274 e. The molecule has 17 heavy (non-hydrogen) atoms. The lowest BCUT2D eigenvalue weighted by atomic mass is 10.3. The SMILES string of the molecule is O=C(Nc1cccc(O)c1)c1cccc(F)n1. The molecule has 1 amide bonds. The van der Waals surface area contributed by atoms with Crippen molar-refractivity contribution in [2.75, 3.05) is 5.32 Å². The van der Waals surface area contributed by atoms with Gasteiger partial charge >= 0.3 is 0 Å². The van der Waals surface area contributed by atoms with Gasteiger partial charge in [0, 0.05) is 11.8 Å². The lowest BCUT2D eigenvalue weighted by Crippen LogP contribution is -2.13. The smallest absolute Gasteiger partial charge is 0.274 e. The lowest BCUT2D eigenvalue weighted by Gasteiger charge is -2.04. The molecular formula is C12H9FN2O2. The van der Waals surface area contributed by atoms with Crippen molar-refractivity contribution < 1.29 is 14.3 Å². The van der Waals surface area contributed by atoms with Gasteiger partial charge in [0.25, 0.3) is 5.91 Å². The summed E-state index contributed by atoms with van der Waals surface area (Å²) >= 11 is 0. The molecule has 2 aromatic rings. The third-order valence-corrected chi connectivity index (χ3v) is 2.05. The number of amides is 1. The van der Waals surface area contributed by atoms with Crippen LogP contribution in [0, 0.1) is 5.95 Å². The van der Waals surface area contributed by atoms with Crippen LogP contribution in [0.25, 0.3) is 0 Å². The van der Waals surface area contributed by atoms with E-state index in [9.17, 15) is 14.3 Å². The summed E-state index contributed by atoms with van der Waals surface area (Å²) in [6, 6.07) is 10.0. The van der Waals surface area contributed by atoms with Crippen molar-refractivity contribution in [3.05, 3.63) is 54.1 Å². The van der Waals surface area contributed by atoms with Gasteiger partial charge in [-0.2, -0.15) is 4.39 Å². The largest absolute Gasteiger partial charge is 0.508 e. The van der Waals surface area contributed by atoms with Gasteiger partial charge in [0.2, 0.25) is 5.95 Å². The minimum Gasteiger partial charge on any atom is -0.508 e. The molecule has 0 spiro atoms. The highest BCUT2D eigenvalue weighted by molar-refractivity contribution is 6.02. The normalized spacial score (nSPS) is 9.94. The molecule has 0 aliphatic carbocycles. The number of aromatic hydroxyl groups is 1. The number of phenols is 1. The molecule has 1 aromatic carbocycles. The van der Waals surface area contributed by atoms with E-state index >= 15 is 0 Å². The maximum absolute atomic E-state index is 12.8. The number of nitrogens with zero attached hydrogens (tertiary/aromatic N) is 1. The van der Waals surface area contributed by atoms with Gasteiger partial charge in [0.15, 0.2) is 0 Å². The van der Waals surface area contributed by atoms with Crippen molar-refractivity contribution in [2.45, 2.75) is 0 Å². The molecule has 5 heteroatoms. The molecule has 2 N–H and O–H groups in total. The number of anilines is 1. The van der Waals surface area contributed by atoms with Crippen LogP contribution in [0.3, 0.4) is 0 Å². The average Bonchev–Trinajstić information content (AvgIpc) is 2.29. The number of benzene rings is 1. The number of rotatable bonds is 2. The third-order valence-electron chi connectivity index (χ3n) is 2.05. The van der Waals surface area contributed by atoms with E-state index in [1.165, 1.54) is 24.3 Å². The van der Waals surface area contributed by atoms with E-state index in [0.717, 1.165) is 6.07 Å². The number of pyridine rings is 1. The molecule has 0 saturated heterocycles. The summed E-state index contributed by atoms with van der Waals surface area (Å²) < 4.78 is 12.8. The van der Waals surface area contributed by atoms with E-state index in [-0.39, 0.29) is 11.4 Å². The topological polar surface area (TPSA) is 62.2 Å². The first-order valence-electron chi connectivity index (χ1n) is 4.88. The first-order chi connectivity index (χ1) is 8.15. The number of carbonyl (C=O) groups excluding carboxylic acids is 1. The number of hydrogen-bond acceptors (Lipinski definition) is 3. The predicted octanol–water partition coefficient (Wildman–Crippen LogP) is 2.18. The number of nitrogens with one attached hydrogen (secondary N) is 1. The molecule has 0 unspecified atom stereocenters. The van der Waals surface area contributed by atoms with E-state index in [1.807, 2.05) is 0 Å².